The smallest absolute Gasteiger partial charge is 0.302 e. The van der Waals surface area contributed by atoms with E-state index in [1.165, 1.54) is 17.3 Å². The van der Waals surface area contributed by atoms with E-state index in [4.69, 9.17) is 4.74 Å². The maximum absolute atomic E-state index is 11.1. The van der Waals surface area contributed by atoms with Crippen molar-refractivity contribution in [3.63, 3.8) is 0 Å². The Morgan fingerprint density at radius 2 is 1.45 bits per heavy atom. The number of aliphatic hydroxyl groups is 1. The van der Waals surface area contributed by atoms with E-state index in [0.29, 0.717) is 6.61 Å². The standard InChI is InChI=1S/C18H22O3Si/c1-16(20)21-13-15-22(14-12-19,17-8-4-2-5-9-17)18-10-6-3-7-11-18/h2-11,19H,12-15H2,1H3. The Labute approximate surface area is 132 Å². The average Bonchev–Trinajstić information content (AvgIpc) is 2.55. The zero-order valence-corrected chi connectivity index (χ0v) is 13.9. The minimum Gasteiger partial charge on any atom is -0.466 e. The SMILES string of the molecule is CC(=O)OCC[Si](CCO)(c1ccccc1)c1ccccc1. The van der Waals surface area contributed by atoms with Gasteiger partial charge in [0.1, 0.15) is 8.07 Å². The summed E-state index contributed by atoms with van der Waals surface area (Å²) in [5.74, 6) is -0.256. The lowest BCUT2D eigenvalue weighted by molar-refractivity contribution is -0.140. The summed E-state index contributed by atoms with van der Waals surface area (Å²) in [4.78, 5) is 11.1. The van der Waals surface area contributed by atoms with Gasteiger partial charge in [0.15, 0.2) is 0 Å². The number of ether oxygens (including phenoxy) is 1. The molecule has 1 N–H and O–H groups in total. The van der Waals surface area contributed by atoms with Crippen molar-refractivity contribution < 1.29 is 14.6 Å². The molecule has 0 bridgehead atoms. The molecule has 3 nitrogen and oxygen atoms in total. The Balaban J connectivity index is 2.42. The fourth-order valence-corrected chi connectivity index (χ4v) is 7.17. The van der Waals surface area contributed by atoms with Gasteiger partial charge in [-0.15, -0.1) is 0 Å². The van der Waals surface area contributed by atoms with Gasteiger partial charge in [0.05, 0.1) is 6.61 Å². The predicted octanol–water partition coefficient (Wildman–Crippen LogP) is 1.80. The fourth-order valence-electron chi connectivity index (χ4n) is 2.94. The van der Waals surface area contributed by atoms with Crippen molar-refractivity contribution in [2.45, 2.75) is 19.0 Å². The summed E-state index contributed by atoms with van der Waals surface area (Å²) in [7, 11) is -2.14. The number of carbonyl (C=O) groups excluding carboxylic acids is 1. The number of hydrogen-bond donors (Lipinski definition) is 1. The molecule has 0 aliphatic heterocycles. The molecule has 0 spiro atoms. The molecule has 0 fully saturated rings. The Morgan fingerprint density at radius 3 is 1.86 bits per heavy atom. The van der Waals surface area contributed by atoms with Crippen LogP contribution < -0.4 is 10.4 Å². The Kier molecular flexibility index (Phi) is 5.92. The molecule has 0 aliphatic carbocycles. The van der Waals surface area contributed by atoms with Crippen molar-refractivity contribution in [3.8, 4) is 0 Å². The van der Waals surface area contributed by atoms with Crippen LogP contribution in [0.4, 0.5) is 0 Å². The van der Waals surface area contributed by atoms with Crippen LogP contribution in [0.15, 0.2) is 60.7 Å². The predicted molar refractivity (Wildman–Crippen MR) is 91.2 cm³/mol. The van der Waals surface area contributed by atoms with E-state index in [0.717, 1.165) is 12.1 Å². The fraction of sp³-hybridized carbons (Fsp3) is 0.278. The quantitative estimate of drug-likeness (QED) is 0.626. The third kappa shape index (κ3) is 3.84. The molecule has 0 aromatic heterocycles. The molecule has 0 saturated heterocycles. The first-order valence-corrected chi connectivity index (χ1v) is 9.96. The molecule has 22 heavy (non-hydrogen) atoms. The van der Waals surface area contributed by atoms with Crippen LogP contribution in [0.25, 0.3) is 0 Å². The summed E-state index contributed by atoms with van der Waals surface area (Å²) in [5, 5.41) is 12.2. The van der Waals surface area contributed by atoms with Crippen LogP contribution >= 0.6 is 0 Å². The van der Waals surface area contributed by atoms with E-state index in [2.05, 4.69) is 24.3 Å². The van der Waals surface area contributed by atoms with Gasteiger partial charge in [-0.2, -0.15) is 0 Å². The van der Waals surface area contributed by atoms with E-state index in [9.17, 15) is 9.90 Å². The van der Waals surface area contributed by atoms with Crippen LogP contribution in [-0.4, -0.2) is 32.4 Å². The molecule has 2 rings (SSSR count). The Morgan fingerprint density at radius 1 is 0.955 bits per heavy atom. The first-order chi connectivity index (χ1) is 10.7. The molecule has 0 amide bonds. The molecule has 4 heteroatoms. The summed E-state index contributed by atoms with van der Waals surface area (Å²) in [6.07, 6.45) is 0. The van der Waals surface area contributed by atoms with E-state index in [1.54, 1.807) is 0 Å². The lowest BCUT2D eigenvalue weighted by Crippen LogP contribution is -2.59. The van der Waals surface area contributed by atoms with Crippen LogP contribution in [0.5, 0.6) is 0 Å². The second kappa shape index (κ2) is 7.92. The third-order valence-corrected chi connectivity index (χ3v) is 9.04. The maximum atomic E-state index is 11.1. The highest BCUT2D eigenvalue weighted by atomic mass is 28.3. The van der Waals surface area contributed by atoms with Crippen molar-refractivity contribution in [1.82, 2.24) is 0 Å². The summed E-state index contributed by atoms with van der Waals surface area (Å²) in [5.41, 5.74) is 0. The van der Waals surface area contributed by atoms with Crippen LogP contribution in [-0.2, 0) is 9.53 Å². The van der Waals surface area contributed by atoms with Crippen molar-refractivity contribution in [1.29, 1.82) is 0 Å². The van der Waals surface area contributed by atoms with Crippen LogP contribution in [0.2, 0.25) is 12.1 Å². The van der Waals surface area contributed by atoms with Gasteiger partial charge in [0.25, 0.3) is 0 Å². The normalized spacial score (nSPS) is 11.2. The van der Waals surface area contributed by atoms with Crippen molar-refractivity contribution in [2.75, 3.05) is 13.2 Å². The summed E-state index contributed by atoms with van der Waals surface area (Å²) < 4.78 is 5.20. The van der Waals surface area contributed by atoms with Gasteiger partial charge in [0.2, 0.25) is 0 Å². The van der Waals surface area contributed by atoms with Gasteiger partial charge in [-0.1, -0.05) is 71.0 Å². The van der Waals surface area contributed by atoms with Crippen LogP contribution in [0.3, 0.4) is 0 Å². The largest absolute Gasteiger partial charge is 0.466 e. The lowest BCUT2D eigenvalue weighted by Gasteiger charge is -2.32. The van der Waals surface area contributed by atoms with E-state index >= 15 is 0 Å². The van der Waals surface area contributed by atoms with Gasteiger partial charge in [-0.3, -0.25) is 4.79 Å². The van der Waals surface area contributed by atoms with Crippen molar-refractivity contribution in [2.24, 2.45) is 0 Å². The minimum absolute atomic E-state index is 0.135. The third-order valence-electron chi connectivity index (χ3n) is 4.03. The number of benzene rings is 2. The number of rotatable bonds is 7. The molecule has 0 saturated carbocycles. The second-order valence-corrected chi connectivity index (χ2v) is 9.70. The van der Waals surface area contributed by atoms with Gasteiger partial charge in [-0.05, 0) is 12.1 Å². The van der Waals surface area contributed by atoms with Crippen LogP contribution in [0, 0.1) is 0 Å². The highest BCUT2D eigenvalue weighted by Crippen LogP contribution is 2.17. The monoisotopic (exact) mass is 314 g/mol. The minimum atomic E-state index is -2.14. The van der Waals surface area contributed by atoms with E-state index in [-0.39, 0.29) is 12.6 Å². The number of esters is 1. The summed E-state index contributed by atoms with van der Waals surface area (Å²) in [6.45, 7) is 1.96. The second-order valence-electron chi connectivity index (χ2n) is 5.38. The lowest BCUT2D eigenvalue weighted by atomic mass is 10.4. The zero-order chi connectivity index (χ0) is 15.8. The summed E-state index contributed by atoms with van der Waals surface area (Å²) in [6, 6.07) is 22.1. The number of hydrogen-bond acceptors (Lipinski definition) is 3. The van der Waals surface area contributed by atoms with E-state index < -0.39 is 8.07 Å². The molecule has 0 aliphatic rings. The highest BCUT2D eigenvalue weighted by Gasteiger charge is 2.36. The topological polar surface area (TPSA) is 46.5 Å². The molecule has 0 radical (unpaired) electrons. The number of aliphatic hydroxyl groups excluding tert-OH is 1. The molecule has 116 valence electrons. The molecule has 2 aromatic rings. The molecular weight excluding hydrogens is 292 g/mol. The first-order valence-electron chi connectivity index (χ1n) is 7.54. The Bertz CT molecular complexity index is 544. The Hall–Kier alpha value is -1.91. The van der Waals surface area contributed by atoms with Gasteiger partial charge in [-0.25, -0.2) is 0 Å². The maximum Gasteiger partial charge on any atom is 0.302 e. The molecule has 0 atom stereocenters. The highest BCUT2D eigenvalue weighted by molar-refractivity contribution is 7.02. The molecule has 0 heterocycles. The average molecular weight is 314 g/mol. The van der Waals surface area contributed by atoms with Gasteiger partial charge in [0, 0.05) is 13.5 Å². The molecular formula is C18H22O3Si. The van der Waals surface area contributed by atoms with Gasteiger partial charge < -0.3 is 9.84 Å². The van der Waals surface area contributed by atoms with Gasteiger partial charge >= 0.3 is 5.97 Å². The number of carbonyl (C=O) groups is 1. The molecule has 0 unspecified atom stereocenters. The first kappa shape index (κ1) is 16.5. The zero-order valence-electron chi connectivity index (χ0n) is 12.9. The van der Waals surface area contributed by atoms with Crippen molar-refractivity contribution >= 4 is 24.4 Å². The van der Waals surface area contributed by atoms with Crippen molar-refractivity contribution in [3.05, 3.63) is 60.7 Å². The summed E-state index contributed by atoms with van der Waals surface area (Å²) >= 11 is 0. The van der Waals surface area contributed by atoms with Crippen LogP contribution in [0.1, 0.15) is 6.92 Å². The van der Waals surface area contributed by atoms with E-state index in [1.807, 2.05) is 36.4 Å². The molecule has 2 aromatic carbocycles.